The molecule has 0 unspecified atom stereocenters. The Kier molecular flexibility index (Phi) is 2.81. The fourth-order valence-electron chi connectivity index (χ4n) is 2.78. The molecule has 1 saturated carbocycles. The topological polar surface area (TPSA) is 55.3 Å². The molecule has 0 bridgehead atoms. The second kappa shape index (κ2) is 4.81. The van der Waals surface area contributed by atoms with E-state index in [1.807, 2.05) is 30.3 Å². The Morgan fingerprint density at radius 2 is 2.10 bits per heavy atom. The maximum Gasteiger partial charge on any atom is 0.123 e. The number of pyridine rings is 1. The Labute approximate surface area is 123 Å². The molecule has 0 radical (unpaired) electrons. The van der Waals surface area contributed by atoms with Crippen molar-refractivity contribution in [2.45, 2.75) is 25.4 Å². The van der Waals surface area contributed by atoms with Gasteiger partial charge in [0.25, 0.3) is 0 Å². The van der Waals surface area contributed by atoms with E-state index < -0.39 is 0 Å². The van der Waals surface area contributed by atoms with Crippen molar-refractivity contribution >= 4 is 22.3 Å². The molecule has 4 nitrogen and oxygen atoms in total. The van der Waals surface area contributed by atoms with Gasteiger partial charge in [-0.05, 0) is 49.2 Å². The third kappa shape index (κ3) is 2.23. The highest BCUT2D eigenvalue weighted by atomic mass is 16.3. The van der Waals surface area contributed by atoms with Gasteiger partial charge in [-0.1, -0.05) is 0 Å². The zero-order chi connectivity index (χ0) is 14.2. The largest absolute Gasteiger partial charge is 0.467 e. The molecule has 1 aliphatic carbocycles. The van der Waals surface area contributed by atoms with Crippen LogP contribution >= 0.6 is 0 Å². The standard InChI is InChI=1S/C17H17N3O/c18-17-14-4-1-9-19-15(14)7-8-16(17)20(12-5-6-12)11-13-3-2-10-21-13/h1-4,7-10,12H,5-6,11,18H2. The van der Waals surface area contributed by atoms with Crippen LogP contribution < -0.4 is 10.6 Å². The van der Waals surface area contributed by atoms with Crippen LogP contribution in [0.25, 0.3) is 10.9 Å². The number of nitrogens with two attached hydrogens (primary N) is 1. The summed E-state index contributed by atoms with van der Waals surface area (Å²) in [5.74, 6) is 0.965. The van der Waals surface area contributed by atoms with Gasteiger partial charge in [0.1, 0.15) is 5.76 Å². The van der Waals surface area contributed by atoms with Gasteiger partial charge in [-0.2, -0.15) is 0 Å². The minimum Gasteiger partial charge on any atom is -0.467 e. The molecule has 2 N–H and O–H groups in total. The minimum absolute atomic E-state index is 0.562. The van der Waals surface area contributed by atoms with E-state index in [1.54, 1.807) is 12.5 Å². The second-order valence-corrected chi connectivity index (χ2v) is 5.51. The van der Waals surface area contributed by atoms with Crippen molar-refractivity contribution in [3.05, 3.63) is 54.6 Å². The highest BCUT2D eigenvalue weighted by Crippen LogP contribution is 2.38. The van der Waals surface area contributed by atoms with Crippen molar-refractivity contribution in [2.75, 3.05) is 10.6 Å². The zero-order valence-electron chi connectivity index (χ0n) is 11.7. The smallest absolute Gasteiger partial charge is 0.123 e. The van der Waals surface area contributed by atoms with Gasteiger partial charge in [-0.15, -0.1) is 0 Å². The van der Waals surface area contributed by atoms with Crippen LogP contribution in [0.15, 0.2) is 53.3 Å². The molecule has 0 aliphatic heterocycles. The normalized spacial score (nSPS) is 14.5. The number of rotatable bonds is 4. The van der Waals surface area contributed by atoms with Crippen molar-refractivity contribution in [2.24, 2.45) is 0 Å². The number of benzene rings is 1. The first-order valence-electron chi connectivity index (χ1n) is 7.25. The maximum atomic E-state index is 6.40. The first-order chi connectivity index (χ1) is 10.3. The minimum atomic E-state index is 0.562. The van der Waals surface area contributed by atoms with E-state index in [9.17, 15) is 0 Å². The lowest BCUT2D eigenvalue weighted by Crippen LogP contribution is -2.25. The van der Waals surface area contributed by atoms with E-state index in [0.29, 0.717) is 6.04 Å². The SMILES string of the molecule is Nc1c(N(Cc2ccco2)C2CC2)ccc2ncccc12. The van der Waals surface area contributed by atoms with Gasteiger partial charge < -0.3 is 15.1 Å². The van der Waals surface area contributed by atoms with Crippen molar-refractivity contribution in [1.82, 2.24) is 4.98 Å². The van der Waals surface area contributed by atoms with Crippen LogP contribution in [0.4, 0.5) is 11.4 Å². The molecule has 3 aromatic rings. The second-order valence-electron chi connectivity index (χ2n) is 5.51. The average molecular weight is 279 g/mol. The van der Waals surface area contributed by atoms with Crippen molar-refractivity contribution in [3.8, 4) is 0 Å². The molecule has 1 aromatic carbocycles. The lowest BCUT2D eigenvalue weighted by molar-refractivity contribution is 0.501. The van der Waals surface area contributed by atoms with Gasteiger partial charge >= 0.3 is 0 Å². The van der Waals surface area contributed by atoms with Crippen LogP contribution in [-0.4, -0.2) is 11.0 Å². The molecule has 4 rings (SSSR count). The van der Waals surface area contributed by atoms with Gasteiger partial charge in [0.2, 0.25) is 0 Å². The molecule has 0 spiro atoms. The van der Waals surface area contributed by atoms with E-state index in [-0.39, 0.29) is 0 Å². The fourth-order valence-corrected chi connectivity index (χ4v) is 2.78. The number of fused-ring (bicyclic) bond motifs is 1. The molecule has 0 atom stereocenters. The van der Waals surface area contributed by atoms with Gasteiger partial charge in [0.15, 0.2) is 0 Å². The Hall–Kier alpha value is -2.49. The third-order valence-electron chi connectivity index (χ3n) is 4.01. The maximum absolute atomic E-state index is 6.40. The molecule has 106 valence electrons. The summed E-state index contributed by atoms with van der Waals surface area (Å²) in [7, 11) is 0. The summed E-state index contributed by atoms with van der Waals surface area (Å²) < 4.78 is 5.50. The molecule has 2 heterocycles. The Morgan fingerprint density at radius 1 is 1.19 bits per heavy atom. The average Bonchev–Trinajstić information content (AvgIpc) is 3.23. The zero-order valence-corrected chi connectivity index (χ0v) is 11.7. The van der Waals surface area contributed by atoms with E-state index in [0.717, 1.165) is 34.6 Å². The summed E-state index contributed by atoms with van der Waals surface area (Å²) in [6.07, 6.45) is 5.94. The van der Waals surface area contributed by atoms with E-state index in [1.165, 1.54) is 12.8 Å². The molecule has 4 heteroatoms. The van der Waals surface area contributed by atoms with Crippen LogP contribution in [0, 0.1) is 0 Å². The molecule has 21 heavy (non-hydrogen) atoms. The number of nitrogens with zero attached hydrogens (tertiary/aromatic N) is 2. The molecule has 1 aliphatic rings. The lowest BCUT2D eigenvalue weighted by atomic mass is 10.1. The Balaban J connectivity index is 1.77. The number of furan rings is 1. The fraction of sp³-hybridized carbons (Fsp3) is 0.235. The summed E-state index contributed by atoms with van der Waals surface area (Å²) in [5.41, 5.74) is 9.22. The van der Waals surface area contributed by atoms with Gasteiger partial charge in [-0.25, -0.2) is 0 Å². The van der Waals surface area contributed by atoms with E-state index in [2.05, 4.69) is 16.0 Å². The molecular weight excluding hydrogens is 262 g/mol. The summed E-state index contributed by atoms with van der Waals surface area (Å²) in [5, 5.41) is 1.01. The molecule has 0 saturated heterocycles. The summed E-state index contributed by atoms with van der Waals surface area (Å²) >= 11 is 0. The van der Waals surface area contributed by atoms with Crippen LogP contribution in [0.5, 0.6) is 0 Å². The lowest BCUT2D eigenvalue weighted by Gasteiger charge is -2.25. The number of hydrogen-bond acceptors (Lipinski definition) is 4. The summed E-state index contributed by atoms with van der Waals surface area (Å²) in [6, 6.07) is 12.6. The van der Waals surface area contributed by atoms with Crippen LogP contribution in [0.3, 0.4) is 0 Å². The molecule has 0 amide bonds. The predicted molar refractivity (Wildman–Crippen MR) is 84.1 cm³/mol. The van der Waals surface area contributed by atoms with Crippen molar-refractivity contribution in [1.29, 1.82) is 0 Å². The van der Waals surface area contributed by atoms with E-state index >= 15 is 0 Å². The quantitative estimate of drug-likeness (QED) is 0.742. The van der Waals surface area contributed by atoms with E-state index in [4.69, 9.17) is 10.2 Å². The molecule has 2 aromatic heterocycles. The Bertz CT molecular complexity index is 763. The summed E-state index contributed by atoms with van der Waals surface area (Å²) in [4.78, 5) is 6.71. The van der Waals surface area contributed by atoms with Crippen molar-refractivity contribution < 1.29 is 4.42 Å². The monoisotopic (exact) mass is 279 g/mol. The van der Waals surface area contributed by atoms with Gasteiger partial charge in [0.05, 0.1) is 29.7 Å². The Morgan fingerprint density at radius 3 is 2.86 bits per heavy atom. The third-order valence-corrected chi connectivity index (χ3v) is 4.01. The number of aromatic nitrogens is 1. The van der Waals surface area contributed by atoms with Gasteiger partial charge in [0, 0.05) is 17.6 Å². The first-order valence-corrected chi connectivity index (χ1v) is 7.25. The molecular formula is C17H17N3O. The van der Waals surface area contributed by atoms with Crippen molar-refractivity contribution in [3.63, 3.8) is 0 Å². The highest BCUT2D eigenvalue weighted by molar-refractivity contribution is 5.97. The molecule has 1 fully saturated rings. The number of anilines is 2. The number of nitrogen functional groups attached to an aromatic ring is 1. The van der Waals surface area contributed by atoms with Crippen LogP contribution in [0.1, 0.15) is 18.6 Å². The predicted octanol–water partition coefficient (Wildman–Crippen LogP) is 3.58. The summed E-state index contributed by atoms with van der Waals surface area (Å²) in [6.45, 7) is 0.758. The first kappa shape index (κ1) is 12.3. The highest BCUT2D eigenvalue weighted by Gasteiger charge is 2.31. The van der Waals surface area contributed by atoms with Crippen LogP contribution in [-0.2, 0) is 6.54 Å². The van der Waals surface area contributed by atoms with Crippen LogP contribution in [0.2, 0.25) is 0 Å². The van der Waals surface area contributed by atoms with Gasteiger partial charge in [-0.3, -0.25) is 4.98 Å². The number of hydrogen-bond donors (Lipinski definition) is 1.